The number of benzene rings is 1. The molecule has 2 rings (SSSR count). The highest BCUT2D eigenvalue weighted by Gasteiger charge is 2.19. The van der Waals surface area contributed by atoms with Crippen molar-refractivity contribution in [2.45, 2.75) is 13.3 Å². The van der Waals surface area contributed by atoms with Crippen molar-refractivity contribution >= 4 is 30.2 Å². The van der Waals surface area contributed by atoms with Gasteiger partial charge in [-0.15, -0.1) is 0 Å². The zero-order chi connectivity index (χ0) is 11.9. The van der Waals surface area contributed by atoms with Gasteiger partial charge in [0.25, 0.3) is 0 Å². The first kappa shape index (κ1) is 10.6. The molecular weight excluding hydrogens is 206 g/mol. The highest BCUT2D eigenvalue weighted by molar-refractivity contribution is 6.34. The van der Waals surface area contributed by atoms with Crippen LogP contribution in [0.4, 0.5) is 10.3 Å². The van der Waals surface area contributed by atoms with E-state index in [1.165, 1.54) is 6.07 Å². The minimum atomic E-state index is -0.599. The van der Waals surface area contributed by atoms with Crippen LogP contribution in [0, 0.1) is 17.1 Å². The van der Waals surface area contributed by atoms with Gasteiger partial charge in [0.15, 0.2) is 11.4 Å². The molecule has 0 saturated heterocycles. The van der Waals surface area contributed by atoms with Crippen LogP contribution >= 0.6 is 0 Å². The van der Waals surface area contributed by atoms with Crippen LogP contribution < -0.4 is 11.2 Å². The summed E-state index contributed by atoms with van der Waals surface area (Å²) in [4.78, 5) is 0. The highest BCUT2D eigenvalue weighted by Crippen LogP contribution is 2.31. The molecular formula is C11H8BFN2O. The molecule has 2 radical (unpaired) electrons. The Morgan fingerprint density at radius 2 is 2.31 bits per heavy atom. The minimum Gasteiger partial charge on any atom is -0.436 e. The maximum Gasteiger partial charge on any atom is 0.209 e. The maximum absolute atomic E-state index is 13.6. The standard InChI is InChI=1S/C11H8BFN2O/c1-2-5-7(12)3-8(13)10-9(5)6(4-14)11(15)16-10/h3H,2,15H2,1H3. The van der Waals surface area contributed by atoms with Crippen molar-refractivity contribution in [2.24, 2.45) is 0 Å². The van der Waals surface area contributed by atoms with Gasteiger partial charge in [-0.2, -0.15) is 5.26 Å². The molecule has 0 spiro atoms. The van der Waals surface area contributed by atoms with E-state index in [0.29, 0.717) is 22.8 Å². The second-order valence-corrected chi connectivity index (χ2v) is 3.44. The van der Waals surface area contributed by atoms with Crippen LogP contribution in [-0.4, -0.2) is 7.85 Å². The summed E-state index contributed by atoms with van der Waals surface area (Å²) in [7, 11) is 5.70. The van der Waals surface area contributed by atoms with Crippen LogP contribution in [-0.2, 0) is 6.42 Å². The topological polar surface area (TPSA) is 62.9 Å². The average molecular weight is 214 g/mol. The Hall–Kier alpha value is -1.96. The van der Waals surface area contributed by atoms with Gasteiger partial charge in [0, 0.05) is 5.39 Å². The average Bonchev–Trinajstić information content (AvgIpc) is 2.56. The second kappa shape index (κ2) is 3.56. The molecule has 0 aliphatic heterocycles. The van der Waals surface area contributed by atoms with Crippen LogP contribution in [0.1, 0.15) is 18.1 Å². The lowest BCUT2D eigenvalue weighted by Gasteiger charge is -2.05. The number of nitrogens with two attached hydrogens (primary N) is 1. The van der Waals surface area contributed by atoms with Crippen molar-refractivity contribution in [2.75, 3.05) is 5.73 Å². The Morgan fingerprint density at radius 3 is 2.88 bits per heavy atom. The number of nitrogens with zero attached hydrogens (tertiary/aromatic N) is 1. The van der Waals surface area contributed by atoms with E-state index in [-0.39, 0.29) is 17.0 Å². The molecule has 0 aliphatic carbocycles. The fraction of sp³-hybridized carbons (Fsp3) is 0.182. The number of halogens is 1. The SMILES string of the molecule is [B]c1cc(F)c2oc(N)c(C#N)c2c1CC. The van der Waals surface area contributed by atoms with E-state index in [9.17, 15) is 4.39 Å². The van der Waals surface area contributed by atoms with Crippen molar-refractivity contribution in [3.8, 4) is 6.07 Å². The number of hydrogen-bond donors (Lipinski definition) is 1. The molecule has 78 valence electrons. The van der Waals surface area contributed by atoms with Gasteiger partial charge in [-0.3, -0.25) is 0 Å². The lowest BCUT2D eigenvalue weighted by atomic mass is 9.86. The Balaban J connectivity index is 3.03. The Morgan fingerprint density at radius 1 is 1.62 bits per heavy atom. The predicted octanol–water partition coefficient (Wildman–Crippen LogP) is 1.38. The molecule has 0 aliphatic rings. The van der Waals surface area contributed by atoms with E-state index in [2.05, 4.69) is 0 Å². The third-order valence-corrected chi connectivity index (χ3v) is 2.55. The second-order valence-electron chi connectivity index (χ2n) is 3.44. The van der Waals surface area contributed by atoms with E-state index in [4.69, 9.17) is 23.3 Å². The summed E-state index contributed by atoms with van der Waals surface area (Å²) in [5, 5.41) is 9.34. The Bertz CT molecular complexity index is 613. The summed E-state index contributed by atoms with van der Waals surface area (Å²) in [6, 6.07) is 3.09. The van der Waals surface area contributed by atoms with Crippen LogP contribution in [0.15, 0.2) is 10.5 Å². The van der Waals surface area contributed by atoms with E-state index >= 15 is 0 Å². The maximum atomic E-state index is 13.6. The summed E-state index contributed by atoms with van der Waals surface area (Å²) in [6.45, 7) is 1.87. The first-order valence-electron chi connectivity index (χ1n) is 4.79. The molecule has 0 saturated carbocycles. The molecule has 0 unspecified atom stereocenters. The molecule has 1 aromatic heterocycles. The molecule has 16 heavy (non-hydrogen) atoms. The Kier molecular flexibility index (Phi) is 2.35. The van der Waals surface area contributed by atoms with Crippen molar-refractivity contribution in [3.63, 3.8) is 0 Å². The summed E-state index contributed by atoms with van der Waals surface area (Å²) in [5.41, 5.74) is 6.66. The zero-order valence-electron chi connectivity index (χ0n) is 8.67. The zero-order valence-corrected chi connectivity index (χ0v) is 8.67. The summed E-state index contributed by atoms with van der Waals surface area (Å²) in [5.74, 6) is -0.672. The van der Waals surface area contributed by atoms with Gasteiger partial charge in [-0.25, -0.2) is 4.39 Å². The van der Waals surface area contributed by atoms with Crippen LogP contribution in [0.3, 0.4) is 0 Å². The Labute approximate surface area is 93.1 Å². The lowest BCUT2D eigenvalue weighted by molar-refractivity contribution is 0.571. The molecule has 0 bridgehead atoms. The van der Waals surface area contributed by atoms with E-state index in [0.717, 1.165) is 0 Å². The smallest absolute Gasteiger partial charge is 0.209 e. The first-order valence-corrected chi connectivity index (χ1v) is 4.79. The van der Waals surface area contributed by atoms with Crippen molar-refractivity contribution < 1.29 is 8.81 Å². The number of rotatable bonds is 1. The summed E-state index contributed by atoms with van der Waals surface area (Å²) in [6.07, 6.45) is 0.580. The number of aryl methyl sites for hydroxylation is 1. The van der Waals surface area contributed by atoms with Gasteiger partial charge in [0.1, 0.15) is 19.5 Å². The monoisotopic (exact) mass is 214 g/mol. The molecule has 2 aromatic rings. The van der Waals surface area contributed by atoms with E-state index in [1.807, 2.05) is 13.0 Å². The summed E-state index contributed by atoms with van der Waals surface area (Å²) >= 11 is 0. The number of hydrogen-bond acceptors (Lipinski definition) is 3. The van der Waals surface area contributed by atoms with Gasteiger partial charge in [-0.1, -0.05) is 12.4 Å². The van der Waals surface area contributed by atoms with E-state index < -0.39 is 5.82 Å². The lowest BCUT2D eigenvalue weighted by Crippen LogP contribution is -2.11. The number of anilines is 1. The van der Waals surface area contributed by atoms with Crippen molar-refractivity contribution in [1.29, 1.82) is 5.26 Å². The fourth-order valence-corrected chi connectivity index (χ4v) is 1.83. The molecule has 0 fully saturated rings. The first-order chi connectivity index (χ1) is 7.60. The molecule has 1 heterocycles. The van der Waals surface area contributed by atoms with Crippen molar-refractivity contribution in [1.82, 2.24) is 0 Å². The molecule has 0 amide bonds. The van der Waals surface area contributed by atoms with Crippen LogP contribution in [0.25, 0.3) is 11.0 Å². The van der Waals surface area contributed by atoms with E-state index in [1.54, 1.807) is 0 Å². The molecule has 2 N–H and O–H groups in total. The number of fused-ring (bicyclic) bond motifs is 1. The van der Waals surface area contributed by atoms with Gasteiger partial charge in [0.2, 0.25) is 5.88 Å². The highest BCUT2D eigenvalue weighted by atomic mass is 19.1. The number of nitriles is 1. The molecule has 1 aromatic carbocycles. The number of furan rings is 1. The van der Waals surface area contributed by atoms with Gasteiger partial charge >= 0.3 is 0 Å². The quantitative estimate of drug-likeness (QED) is 0.729. The van der Waals surface area contributed by atoms with Crippen LogP contribution in [0.2, 0.25) is 0 Å². The third-order valence-electron chi connectivity index (χ3n) is 2.55. The van der Waals surface area contributed by atoms with Gasteiger partial charge < -0.3 is 10.2 Å². The van der Waals surface area contributed by atoms with Crippen LogP contribution in [0.5, 0.6) is 0 Å². The molecule has 3 nitrogen and oxygen atoms in total. The van der Waals surface area contributed by atoms with Crippen molar-refractivity contribution in [3.05, 3.63) is 23.0 Å². The molecule has 5 heteroatoms. The predicted molar refractivity (Wildman–Crippen MR) is 60.1 cm³/mol. The minimum absolute atomic E-state index is 0.0000926. The van der Waals surface area contributed by atoms with Gasteiger partial charge in [-0.05, 0) is 18.1 Å². The largest absolute Gasteiger partial charge is 0.436 e. The summed E-state index contributed by atoms with van der Waals surface area (Å²) < 4.78 is 18.6. The fourth-order valence-electron chi connectivity index (χ4n) is 1.83. The normalized spacial score (nSPS) is 10.6. The number of nitrogen functional groups attached to an aromatic ring is 1. The molecule has 0 atom stereocenters. The third kappa shape index (κ3) is 1.27. The van der Waals surface area contributed by atoms with Gasteiger partial charge in [0.05, 0.1) is 0 Å².